The number of hydrogen-bond donors (Lipinski definition) is 1. The molecule has 0 unspecified atom stereocenters. The summed E-state index contributed by atoms with van der Waals surface area (Å²) in [6.45, 7) is 4.33. The van der Waals surface area contributed by atoms with E-state index in [1.807, 2.05) is 15.6 Å². The lowest BCUT2D eigenvalue weighted by Gasteiger charge is -2.32. The lowest BCUT2D eigenvalue weighted by Crippen LogP contribution is -2.38. The van der Waals surface area contributed by atoms with E-state index in [4.69, 9.17) is 5.11 Å². The normalized spacial score (nSPS) is 15.5. The lowest BCUT2D eigenvalue weighted by atomic mass is 9.93. The van der Waals surface area contributed by atoms with E-state index in [1.165, 1.54) is 16.8 Å². The molecule has 0 bridgehead atoms. The molecular weight excluding hydrogens is 314 g/mol. The summed E-state index contributed by atoms with van der Waals surface area (Å²) in [6.07, 6.45) is 5.11. The zero-order chi connectivity index (χ0) is 17.6. The van der Waals surface area contributed by atoms with Gasteiger partial charge in [-0.2, -0.15) is 5.10 Å². The molecule has 1 saturated heterocycles. The molecule has 0 saturated carbocycles. The number of likely N-dealkylation sites (tertiary alicyclic amines) is 1. The molecule has 3 rings (SSSR count). The minimum atomic E-state index is 0.102. The first-order valence-corrected chi connectivity index (χ1v) is 9.13. The topological polar surface area (TPSA) is 58.4 Å². The maximum atomic E-state index is 12.5. The number of amides is 1. The van der Waals surface area contributed by atoms with Crippen LogP contribution in [0.15, 0.2) is 36.5 Å². The molecule has 1 amide bonds. The van der Waals surface area contributed by atoms with Gasteiger partial charge in [-0.3, -0.25) is 9.48 Å². The summed E-state index contributed by atoms with van der Waals surface area (Å²) in [5.41, 5.74) is 3.65. The number of carbonyl (C=O) groups excluding carboxylic acids is 1. The third-order valence-electron chi connectivity index (χ3n) is 5.08. The van der Waals surface area contributed by atoms with Crippen LogP contribution in [-0.2, 0) is 17.8 Å². The SMILES string of the molecule is Cc1ccc(CCC(=O)N2CCC(c3ccnn3CCO)CC2)cc1. The molecular formula is C20H27N3O2. The number of nitrogens with zero attached hydrogens (tertiary/aromatic N) is 3. The highest BCUT2D eigenvalue weighted by molar-refractivity contribution is 5.76. The second-order valence-electron chi connectivity index (χ2n) is 6.84. The molecule has 1 aromatic heterocycles. The summed E-state index contributed by atoms with van der Waals surface area (Å²) in [7, 11) is 0. The third kappa shape index (κ3) is 4.48. The van der Waals surface area contributed by atoms with E-state index >= 15 is 0 Å². The van der Waals surface area contributed by atoms with Gasteiger partial charge in [-0.1, -0.05) is 29.8 Å². The Bertz CT molecular complexity index is 685. The van der Waals surface area contributed by atoms with E-state index in [9.17, 15) is 4.79 Å². The van der Waals surface area contributed by atoms with Gasteiger partial charge in [0, 0.05) is 37.3 Å². The van der Waals surface area contributed by atoms with Crippen molar-refractivity contribution >= 4 is 5.91 Å². The quantitative estimate of drug-likeness (QED) is 0.878. The Morgan fingerprint density at radius 1 is 1.20 bits per heavy atom. The smallest absolute Gasteiger partial charge is 0.222 e. The fourth-order valence-corrected chi connectivity index (χ4v) is 3.56. The van der Waals surface area contributed by atoms with Crippen LogP contribution in [0.25, 0.3) is 0 Å². The van der Waals surface area contributed by atoms with Gasteiger partial charge in [0.2, 0.25) is 5.91 Å². The largest absolute Gasteiger partial charge is 0.394 e. The predicted molar refractivity (Wildman–Crippen MR) is 97.4 cm³/mol. The number of aryl methyl sites for hydroxylation is 2. The van der Waals surface area contributed by atoms with Gasteiger partial charge < -0.3 is 10.0 Å². The van der Waals surface area contributed by atoms with Gasteiger partial charge in [0.1, 0.15) is 0 Å². The van der Waals surface area contributed by atoms with Crippen LogP contribution in [0.4, 0.5) is 0 Å². The summed E-state index contributed by atoms with van der Waals surface area (Å²) in [4.78, 5) is 14.5. The molecule has 1 aliphatic heterocycles. The molecule has 1 N–H and O–H groups in total. The molecule has 2 aromatic rings. The number of carbonyl (C=O) groups is 1. The average Bonchev–Trinajstić information content (AvgIpc) is 3.10. The molecule has 0 aliphatic carbocycles. The third-order valence-corrected chi connectivity index (χ3v) is 5.08. The van der Waals surface area contributed by atoms with Crippen LogP contribution >= 0.6 is 0 Å². The number of hydrogen-bond acceptors (Lipinski definition) is 3. The first-order valence-electron chi connectivity index (χ1n) is 9.13. The first-order chi connectivity index (χ1) is 12.2. The molecule has 134 valence electrons. The second-order valence-corrected chi connectivity index (χ2v) is 6.84. The van der Waals surface area contributed by atoms with Crippen molar-refractivity contribution in [3.8, 4) is 0 Å². The van der Waals surface area contributed by atoms with Gasteiger partial charge in [0.25, 0.3) is 0 Å². The summed E-state index contributed by atoms with van der Waals surface area (Å²) in [5, 5.41) is 13.4. The monoisotopic (exact) mass is 341 g/mol. The Kier molecular flexibility index (Phi) is 5.87. The van der Waals surface area contributed by atoms with Crippen molar-refractivity contribution < 1.29 is 9.90 Å². The van der Waals surface area contributed by atoms with Gasteiger partial charge in [0.05, 0.1) is 13.2 Å². The molecule has 0 spiro atoms. The van der Waals surface area contributed by atoms with E-state index in [0.717, 1.165) is 32.4 Å². The van der Waals surface area contributed by atoms with Crippen LogP contribution in [0, 0.1) is 6.92 Å². The highest BCUT2D eigenvalue weighted by Gasteiger charge is 2.25. The summed E-state index contributed by atoms with van der Waals surface area (Å²) in [5.74, 6) is 0.679. The van der Waals surface area contributed by atoms with Crippen LogP contribution in [0.1, 0.15) is 42.0 Å². The Morgan fingerprint density at radius 3 is 2.60 bits per heavy atom. The first kappa shape index (κ1) is 17.7. The van der Waals surface area contributed by atoms with Crippen LogP contribution < -0.4 is 0 Å². The van der Waals surface area contributed by atoms with E-state index in [-0.39, 0.29) is 12.5 Å². The van der Waals surface area contributed by atoms with Gasteiger partial charge in [0.15, 0.2) is 0 Å². The van der Waals surface area contributed by atoms with Crippen molar-refractivity contribution in [3.63, 3.8) is 0 Å². The summed E-state index contributed by atoms with van der Waals surface area (Å²) in [6, 6.07) is 10.4. The van der Waals surface area contributed by atoms with Crippen LogP contribution in [0.3, 0.4) is 0 Å². The van der Waals surface area contributed by atoms with Gasteiger partial charge in [-0.15, -0.1) is 0 Å². The maximum absolute atomic E-state index is 12.5. The molecule has 5 heteroatoms. The average molecular weight is 341 g/mol. The number of aliphatic hydroxyl groups excluding tert-OH is 1. The molecule has 0 atom stereocenters. The van der Waals surface area contributed by atoms with Crippen molar-refractivity contribution in [2.45, 2.75) is 45.1 Å². The van der Waals surface area contributed by atoms with Crippen LogP contribution in [0.2, 0.25) is 0 Å². The number of benzene rings is 1. The zero-order valence-electron chi connectivity index (χ0n) is 14.9. The number of piperidine rings is 1. The fourth-order valence-electron chi connectivity index (χ4n) is 3.56. The molecule has 1 fully saturated rings. The van der Waals surface area contributed by atoms with Crippen molar-refractivity contribution in [1.82, 2.24) is 14.7 Å². The van der Waals surface area contributed by atoms with E-state index in [2.05, 4.69) is 36.3 Å². The Labute approximate surface area is 149 Å². The van der Waals surface area contributed by atoms with Crippen molar-refractivity contribution in [3.05, 3.63) is 53.3 Å². The molecule has 5 nitrogen and oxygen atoms in total. The number of aromatic nitrogens is 2. The minimum Gasteiger partial charge on any atom is -0.394 e. The van der Waals surface area contributed by atoms with Crippen molar-refractivity contribution in [2.24, 2.45) is 0 Å². The highest BCUT2D eigenvalue weighted by Crippen LogP contribution is 2.28. The minimum absolute atomic E-state index is 0.102. The molecule has 2 heterocycles. The standard InChI is InChI=1S/C20H27N3O2/c1-16-2-4-17(5-3-16)6-7-20(25)22-12-9-18(10-13-22)19-8-11-21-23(19)14-15-24/h2-5,8,11,18,24H,6-7,9-10,12-15H2,1H3. The predicted octanol–water partition coefficient (Wildman–Crippen LogP) is 2.52. The lowest BCUT2D eigenvalue weighted by molar-refractivity contribution is -0.132. The van der Waals surface area contributed by atoms with E-state index < -0.39 is 0 Å². The Hall–Kier alpha value is -2.14. The molecule has 1 aliphatic rings. The zero-order valence-corrected chi connectivity index (χ0v) is 14.9. The van der Waals surface area contributed by atoms with Crippen molar-refractivity contribution in [2.75, 3.05) is 19.7 Å². The fraction of sp³-hybridized carbons (Fsp3) is 0.500. The van der Waals surface area contributed by atoms with E-state index in [1.54, 1.807) is 6.20 Å². The Balaban J connectivity index is 1.49. The Morgan fingerprint density at radius 2 is 1.92 bits per heavy atom. The summed E-state index contributed by atoms with van der Waals surface area (Å²) < 4.78 is 1.89. The highest BCUT2D eigenvalue weighted by atomic mass is 16.3. The number of aliphatic hydroxyl groups is 1. The van der Waals surface area contributed by atoms with Gasteiger partial charge >= 0.3 is 0 Å². The maximum Gasteiger partial charge on any atom is 0.222 e. The van der Waals surface area contributed by atoms with E-state index in [0.29, 0.717) is 18.9 Å². The molecule has 25 heavy (non-hydrogen) atoms. The van der Waals surface area contributed by atoms with Crippen LogP contribution in [-0.4, -0.2) is 45.4 Å². The van der Waals surface area contributed by atoms with Gasteiger partial charge in [-0.25, -0.2) is 0 Å². The number of rotatable bonds is 6. The second kappa shape index (κ2) is 8.30. The summed E-state index contributed by atoms with van der Waals surface area (Å²) >= 11 is 0. The molecule has 0 radical (unpaired) electrons. The van der Waals surface area contributed by atoms with Crippen LogP contribution in [0.5, 0.6) is 0 Å². The molecule has 1 aromatic carbocycles. The van der Waals surface area contributed by atoms with Crippen molar-refractivity contribution in [1.29, 1.82) is 0 Å². The van der Waals surface area contributed by atoms with Gasteiger partial charge in [-0.05, 0) is 37.8 Å².